The van der Waals surface area contributed by atoms with Crippen molar-refractivity contribution in [2.75, 3.05) is 0 Å². The number of aliphatic carboxylic acids is 1. The summed E-state index contributed by atoms with van der Waals surface area (Å²) >= 11 is 7.27. The molecule has 0 aliphatic carbocycles. The Labute approximate surface area is 181 Å². The number of hydrogen-bond donors (Lipinski definition) is 2. The SMILES string of the molecule is CC(C)[C@H](NS(=O)(=O)c1ccc2c(c1)oc1ccc(-c3csc(Cl)n3)cc12)C(=O)O. The second kappa shape index (κ2) is 7.66. The van der Waals surface area contributed by atoms with Gasteiger partial charge in [0, 0.05) is 27.8 Å². The van der Waals surface area contributed by atoms with E-state index in [1.165, 1.54) is 23.5 Å². The van der Waals surface area contributed by atoms with Crippen LogP contribution in [0.5, 0.6) is 0 Å². The maximum atomic E-state index is 12.7. The Morgan fingerprint density at radius 3 is 2.57 bits per heavy atom. The Kier molecular flexibility index (Phi) is 5.31. The highest BCUT2D eigenvalue weighted by Gasteiger charge is 2.28. The molecule has 0 spiro atoms. The highest BCUT2D eigenvalue weighted by atomic mass is 35.5. The van der Waals surface area contributed by atoms with Gasteiger partial charge in [-0.1, -0.05) is 25.4 Å². The van der Waals surface area contributed by atoms with E-state index in [1.807, 2.05) is 17.5 Å². The fourth-order valence-corrected chi connectivity index (χ4v) is 5.30. The van der Waals surface area contributed by atoms with Crippen LogP contribution in [0.2, 0.25) is 4.47 Å². The smallest absolute Gasteiger partial charge is 0.322 e. The maximum absolute atomic E-state index is 12.7. The van der Waals surface area contributed by atoms with Gasteiger partial charge in [0.25, 0.3) is 0 Å². The number of nitrogens with zero attached hydrogens (tertiary/aromatic N) is 1. The van der Waals surface area contributed by atoms with E-state index in [4.69, 9.17) is 16.0 Å². The minimum atomic E-state index is -4.04. The molecule has 0 fully saturated rings. The van der Waals surface area contributed by atoms with Crippen molar-refractivity contribution in [2.45, 2.75) is 24.8 Å². The largest absolute Gasteiger partial charge is 0.480 e. The number of hydrogen-bond acceptors (Lipinski definition) is 6. The lowest BCUT2D eigenvalue weighted by atomic mass is 10.1. The van der Waals surface area contributed by atoms with Gasteiger partial charge in [-0.2, -0.15) is 4.72 Å². The zero-order valence-corrected chi connectivity index (χ0v) is 18.3. The fraction of sp³-hybridized carbons (Fsp3) is 0.200. The van der Waals surface area contributed by atoms with Gasteiger partial charge in [-0.15, -0.1) is 11.3 Å². The number of benzene rings is 2. The van der Waals surface area contributed by atoms with Crippen molar-refractivity contribution in [3.8, 4) is 11.3 Å². The van der Waals surface area contributed by atoms with E-state index in [2.05, 4.69) is 9.71 Å². The van der Waals surface area contributed by atoms with Gasteiger partial charge in [0.2, 0.25) is 10.0 Å². The minimum Gasteiger partial charge on any atom is -0.480 e. The topological polar surface area (TPSA) is 110 Å². The second-order valence-electron chi connectivity index (χ2n) is 7.14. The first-order chi connectivity index (χ1) is 14.2. The van der Waals surface area contributed by atoms with Gasteiger partial charge in [-0.25, -0.2) is 13.4 Å². The number of fused-ring (bicyclic) bond motifs is 3. The van der Waals surface area contributed by atoms with Crippen LogP contribution in [0, 0.1) is 5.92 Å². The molecule has 0 radical (unpaired) electrons. The van der Waals surface area contributed by atoms with E-state index >= 15 is 0 Å². The van der Waals surface area contributed by atoms with Crippen molar-refractivity contribution in [2.24, 2.45) is 5.92 Å². The number of carboxylic acid groups (broad SMARTS) is 1. The summed E-state index contributed by atoms with van der Waals surface area (Å²) in [6, 6.07) is 8.83. The van der Waals surface area contributed by atoms with Gasteiger partial charge in [-0.05, 0) is 36.2 Å². The van der Waals surface area contributed by atoms with Gasteiger partial charge in [0.1, 0.15) is 17.2 Å². The van der Waals surface area contributed by atoms with Crippen LogP contribution in [0.4, 0.5) is 0 Å². The van der Waals surface area contributed by atoms with Crippen LogP contribution in [-0.4, -0.2) is 30.5 Å². The molecule has 7 nitrogen and oxygen atoms in total. The average Bonchev–Trinajstić information content (AvgIpc) is 3.28. The lowest BCUT2D eigenvalue weighted by Gasteiger charge is -2.17. The molecule has 4 aromatic rings. The molecular weight excluding hydrogens is 448 g/mol. The van der Waals surface area contributed by atoms with Gasteiger partial charge < -0.3 is 9.52 Å². The number of thiazole rings is 1. The number of nitrogens with one attached hydrogen (secondary N) is 1. The standard InChI is InChI=1S/C20H17ClN2O5S2/c1-10(2)18(19(24)25)23-30(26,27)12-4-5-13-14-7-11(15-9-29-20(21)22-15)3-6-16(14)28-17(13)8-12/h3-10,18,23H,1-2H3,(H,24,25)/t18-/m0/s1. The summed E-state index contributed by atoms with van der Waals surface area (Å²) in [6.45, 7) is 3.27. The van der Waals surface area contributed by atoms with Crippen molar-refractivity contribution in [1.29, 1.82) is 0 Å². The summed E-state index contributed by atoms with van der Waals surface area (Å²) in [4.78, 5) is 15.6. The molecule has 156 valence electrons. The van der Waals surface area contributed by atoms with Gasteiger partial charge >= 0.3 is 5.97 Å². The highest BCUT2D eigenvalue weighted by Crippen LogP contribution is 2.34. The maximum Gasteiger partial charge on any atom is 0.322 e. The third-order valence-electron chi connectivity index (χ3n) is 4.74. The molecule has 30 heavy (non-hydrogen) atoms. The van der Waals surface area contributed by atoms with E-state index in [1.54, 1.807) is 26.0 Å². The molecule has 0 saturated carbocycles. The molecule has 0 saturated heterocycles. The van der Waals surface area contributed by atoms with Gasteiger partial charge in [0.05, 0.1) is 10.6 Å². The molecule has 2 aromatic carbocycles. The number of halogens is 1. The molecule has 0 bridgehead atoms. The van der Waals surface area contributed by atoms with Crippen molar-refractivity contribution in [1.82, 2.24) is 9.71 Å². The number of carboxylic acids is 1. The van der Waals surface area contributed by atoms with Crippen molar-refractivity contribution in [3.05, 3.63) is 46.2 Å². The van der Waals surface area contributed by atoms with Gasteiger partial charge in [0.15, 0.2) is 4.47 Å². The third kappa shape index (κ3) is 3.81. The first kappa shape index (κ1) is 20.8. The van der Waals surface area contributed by atoms with E-state index in [-0.39, 0.29) is 4.90 Å². The number of rotatable bonds is 6. The number of aromatic nitrogens is 1. The molecule has 0 unspecified atom stereocenters. The van der Waals surface area contributed by atoms with Crippen molar-refractivity contribution >= 4 is 60.9 Å². The summed E-state index contributed by atoms with van der Waals surface area (Å²) < 4.78 is 34.0. The quantitative estimate of drug-likeness (QED) is 0.426. The van der Waals surface area contributed by atoms with Crippen LogP contribution in [-0.2, 0) is 14.8 Å². The Morgan fingerprint density at radius 1 is 1.17 bits per heavy atom. The first-order valence-electron chi connectivity index (χ1n) is 8.98. The fourth-order valence-electron chi connectivity index (χ4n) is 3.18. The van der Waals surface area contributed by atoms with Crippen LogP contribution in [0.3, 0.4) is 0 Å². The summed E-state index contributed by atoms with van der Waals surface area (Å²) in [5.41, 5.74) is 2.60. The summed E-state index contributed by atoms with van der Waals surface area (Å²) in [6.07, 6.45) is 0. The van der Waals surface area contributed by atoms with Crippen molar-refractivity contribution < 1.29 is 22.7 Å². The van der Waals surface area contributed by atoms with Crippen LogP contribution < -0.4 is 4.72 Å². The zero-order valence-electron chi connectivity index (χ0n) is 15.9. The third-order valence-corrected chi connectivity index (χ3v) is 7.16. The molecule has 0 aliphatic rings. The van der Waals surface area contributed by atoms with Crippen LogP contribution in [0.1, 0.15) is 13.8 Å². The molecule has 2 aromatic heterocycles. The highest BCUT2D eigenvalue weighted by molar-refractivity contribution is 7.89. The average molecular weight is 465 g/mol. The van der Waals surface area contributed by atoms with Crippen LogP contribution in [0.25, 0.3) is 33.2 Å². The lowest BCUT2D eigenvalue weighted by Crippen LogP contribution is -2.44. The summed E-state index contributed by atoms with van der Waals surface area (Å²) in [7, 11) is -4.04. The molecular formula is C20H17ClN2O5S2. The number of furan rings is 1. The van der Waals surface area contributed by atoms with Crippen molar-refractivity contribution in [3.63, 3.8) is 0 Å². The summed E-state index contributed by atoms with van der Waals surface area (Å²) in [5.74, 6) is -1.64. The molecule has 2 N–H and O–H groups in total. The Balaban J connectivity index is 1.76. The Morgan fingerprint density at radius 2 is 1.93 bits per heavy atom. The Bertz CT molecular complexity index is 1370. The van der Waals surface area contributed by atoms with E-state index in [9.17, 15) is 18.3 Å². The predicted octanol–water partition coefficient (Wildman–Crippen LogP) is 4.75. The van der Waals surface area contributed by atoms with Gasteiger partial charge in [-0.3, -0.25) is 4.79 Å². The van der Waals surface area contributed by atoms with Crippen LogP contribution >= 0.6 is 22.9 Å². The monoisotopic (exact) mass is 464 g/mol. The van der Waals surface area contributed by atoms with E-state index in [0.717, 1.165) is 22.0 Å². The van der Waals surface area contributed by atoms with E-state index in [0.29, 0.717) is 15.6 Å². The predicted molar refractivity (Wildman–Crippen MR) is 116 cm³/mol. The Hall–Kier alpha value is -2.46. The second-order valence-corrected chi connectivity index (χ2v) is 10.3. The molecule has 1 atom stereocenters. The van der Waals surface area contributed by atoms with Crippen LogP contribution in [0.15, 0.2) is 51.1 Å². The molecule has 10 heteroatoms. The van der Waals surface area contributed by atoms with E-state index < -0.39 is 28.0 Å². The molecule has 2 heterocycles. The normalized spacial score (nSPS) is 13.3. The zero-order chi connectivity index (χ0) is 21.6. The number of sulfonamides is 1. The minimum absolute atomic E-state index is 0.0625. The molecule has 4 rings (SSSR count). The lowest BCUT2D eigenvalue weighted by molar-refractivity contribution is -0.140. The molecule has 0 amide bonds. The summed E-state index contributed by atoms with van der Waals surface area (Å²) in [5, 5.41) is 12.7. The molecule has 0 aliphatic heterocycles. The number of carbonyl (C=O) groups is 1. The first-order valence-corrected chi connectivity index (χ1v) is 11.7.